The molecule has 0 amide bonds. The molecule has 0 aromatic rings. The number of hydrogen-bond acceptors (Lipinski definition) is 3. The van der Waals surface area contributed by atoms with Gasteiger partial charge in [-0.3, -0.25) is 0 Å². The molecule has 1 spiro atoms. The molecule has 1 saturated carbocycles. The lowest BCUT2D eigenvalue weighted by Crippen LogP contribution is -2.38. The van der Waals surface area contributed by atoms with Gasteiger partial charge in [0.2, 0.25) is 5.92 Å². The summed E-state index contributed by atoms with van der Waals surface area (Å²) in [5.41, 5.74) is 4.91. The molecule has 13 heavy (non-hydrogen) atoms. The summed E-state index contributed by atoms with van der Waals surface area (Å²) in [6.07, 6.45) is 0.543. The number of amidine groups is 1. The van der Waals surface area contributed by atoms with Gasteiger partial charge in [0.1, 0.15) is 12.1 Å². The van der Waals surface area contributed by atoms with Crippen LogP contribution in [0.5, 0.6) is 0 Å². The van der Waals surface area contributed by atoms with Crippen molar-refractivity contribution in [1.82, 2.24) is 0 Å². The van der Waals surface area contributed by atoms with E-state index >= 15 is 0 Å². The molecule has 3 nitrogen and oxygen atoms in total. The van der Waals surface area contributed by atoms with Gasteiger partial charge in [0.15, 0.2) is 0 Å². The van der Waals surface area contributed by atoms with Gasteiger partial charge in [-0.25, -0.2) is 13.8 Å². The third kappa shape index (κ3) is 1.59. The van der Waals surface area contributed by atoms with Crippen LogP contribution in [0.4, 0.5) is 8.78 Å². The van der Waals surface area contributed by atoms with E-state index in [0.717, 1.165) is 0 Å². The van der Waals surface area contributed by atoms with E-state index in [1.54, 1.807) is 0 Å². The summed E-state index contributed by atoms with van der Waals surface area (Å²) < 4.78 is 30.6. The molecule has 0 atom stereocenters. The third-order valence-electron chi connectivity index (χ3n) is 2.75. The Bertz CT molecular complexity index is 243. The lowest BCUT2D eigenvalue weighted by Gasteiger charge is -2.32. The SMILES string of the molecule is NC1=NC2(CCC(F)(F)CC2)CO1. The first kappa shape index (κ1) is 8.72. The Balaban J connectivity index is 2.05. The van der Waals surface area contributed by atoms with Gasteiger partial charge in [-0.15, -0.1) is 0 Å². The Morgan fingerprint density at radius 1 is 1.23 bits per heavy atom. The van der Waals surface area contributed by atoms with Crippen LogP contribution in [0.3, 0.4) is 0 Å². The van der Waals surface area contributed by atoms with Crippen molar-refractivity contribution >= 4 is 6.02 Å². The van der Waals surface area contributed by atoms with E-state index in [2.05, 4.69) is 4.99 Å². The van der Waals surface area contributed by atoms with E-state index in [1.807, 2.05) is 0 Å². The Kier molecular flexibility index (Phi) is 1.72. The smallest absolute Gasteiger partial charge is 0.282 e. The van der Waals surface area contributed by atoms with E-state index < -0.39 is 11.5 Å². The number of rotatable bonds is 0. The van der Waals surface area contributed by atoms with Crippen LogP contribution in [0.15, 0.2) is 4.99 Å². The summed E-state index contributed by atoms with van der Waals surface area (Å²) >= 11 is 0. The molecule has 0 bridgehead atoms. The van der Waals surface area contributed by atoms with Gasteiger partial charge in [0, 0.05) is 12.8 Å². The zero-order valence-corrected chi connectivity index (χ0v) is 7.22. The normalized spacial score (nSPS) is 29.8. The molecule has 0 aromatic carbocycles. The minimum atomic E-state index is -2.52. The third-order valence-corrected chi connectivity index (χ3v) is 2.75. The Labute approximate surface area is 75.0 Å². The molecule has 1 aliphatic heterocycles. The molecule has 0 saturated heterocycles. The van der Waals surface area contributed by atoms with Crippen LogP contribution in [-0.4, -0.2) is 24.1 Å². The molecule has 0 aromatic heterocycles. The number of nitrogens with two attached hydrogens (primary N) is 1. The first-order valence-electron chi connectivity index (χ1n) is 4.37. The van der Waals surface area contributed by atoms with Crippen molar-refractivity contribution in [1.29, 1.82) is 0 Å². The molecule has 2 N–H and O–H groups in total. The summed E-state index contributed by atoms with van der Waals surface area (Å²) in [5.74, 6) is -2.52. The maximum atomic E-state index is 12.8. The second kappa shape index (κ2) is 2.56. The fraction of sp³-hybridized carbons (Fsp3) is 0.875. The van der Waals surface area contributed by atoms with Crippen molar-refractivity contribution < 1.29 is 13.5 Å². The van der Waals surface area contributed by atoms with Gasteiger partial charge in [0.05, 0.1) is 0 Å². The van der Waals surface area contributed by atoms with Gasteiger partial charge in [-0.05, 0) is 12.8 Å². The minimum absolute atomic E-state index is 0.104. The van der Waals surface area contributed by atoms with Crippen molar-refractivity contribution in [2.45, 2.75) is 37.1 Å². The fourth-order valence-electron chi connectivity index (χ4n) is 1.84. The average Bonchev–Trinajstić information content (AvgIpc) is 2.41. The van der Waals surface area contributed by atoms with Crippen LogP contribution >= 0.6 is 0 Å². The van der Waals surface area contributed by atoms with Crippen LogP contribution < -0.4 is 5.73 Å². The molecular weight excluding hydrogens is 178 g/mol. The number of alkyl halides is 2. The topological polar surface area (TPSA) is 47.6 Å². The number of hydrogen-bond donors (Lipinski definition) is 1. The molecule has 1 aliphatic carbocycles. The lowest BCUT2D eigenvalue weighted by molar-refractivity contribution is -0.0524. The Morgan fingerprint density at radius 2 is 1.85 bits per heavy atom. The molecule has 5 heteroatoms. The van der Waals surface area contributed by atoms with Crippen molar-refractivity contribution in [3.8, 4) is 0 Å². The zero-order valence-electron chi connectivity index (χ0n) is 7.22. The monoisotopic (exact) mass is 190 g/mol. The van der Waals surface area contributed by atoms with Gasteiger partial charge < -0.3 is 10.5 Å². The molecule has 74 valence electrons. The number of ether oxygens (including phenoxy) is 1. The largest absolute Gasteiger partial charge is 0.463 e. The Hall–Kier alpha value is -0.870. The first-order valence-corrected chi connectivity index (χ1v) is 4.37. The van der Waals surface area contributed by atoms with Gasteiger partial charge in [-0.2, -0.15) is 0 Å². The van der Waals surface area contributed by atoms with E-state index in [1.165, 1.54) is 0 Å². The van der Waals surface area contributed by atoms with Crippen LogP contribution in [0, 0.1) is 0 Å². The standard InChI is InChI=1S/C8H12F2N2O/c9-8(10)3-1-7(2-4-8)5-13-6(11)12-7/h1-5H2,(H2,11,12). The first-order chi connectivity index (χ1) is 6.02. The maximum absolute atomic E-state index is 12.8. The van der Waals surface area contributed by atoms with Crippen molar-refractivity contribution in [3.63, 3.8) is 0 Å². The second-order valence-electron chi connectivity index (χ2n) is 3.82. The highest BCUT2D eigenvalue weighted by atomic mass is 19.3. The summed E-state index contributed by atoms with van der Waals surface area (Å²) in [5, 5.41) is 0. The van der Waals surface area contributed by atoms with Crippen molar-refractivity contribution in [2.24, 2.45) is 10.7 Å². The highest BCUT2D eigenvalue weighted by molar-refractivity contribution is 5.73. The molecule has 1 heterocycles. The van der Waals surface area contributed by atoms with Gasteiger partial charge in [-0.1, -0.05) is 0 Å². The van der Waals surface area contributed by atoms with Gasteiger partial charge >= 0.3 is 0 Å². The van der Waals surface area contributed by atoms with Crippen molar-refractivity contribution in [2.75, 3.05) is 6.61 Å². The molecule has 1 fully saturated rings. The molecule has 2 aliphatic rings. The van der Waals surface area contributed by atoms with E-state index in [-0.39, 0.29) is 18.9 Å². The fourth-order valence-corrected chi connectivity index (χ4v) is 1.84. The quantitative estimate of drug-likeness (QED) is 0.625. The van der Waals surface area contributed by atoms with E-state index in [4.69, 9.17) is 10.5 Å². The highest BCUT2D eigenvalue weighted by Crippen LogP contribution is 2.41. The maximum Gasteiger partial charge on any atom is 0.282 e. The molecule has 0 unspecified atom stereocenters. The summed E-state index contributed by atoms with van der Waals surface area (Å²) in [4.78, 5) is 4.08. The summed E-state index contributed by atoms with van der Waals surface area (Å²) in [7, 11) is 0. The second-order valence-corrected chi connectivity index (χ2v) is 3.82. The number of aliphatic imine (C=N–C) groups is 1. The van der Waals surface area contributed by atoms with Crippen molar-refractivity contribution in [3.05, 3.63) is 0 Å². The average molecular weight is 190 g/mol. The summed E-state index contributed by atoms with van der Waals surface area (Å²) in [6, 6.07) is 0.144. The minimum Gasteiger partial charge on any atom is -0.463 e. The molecule has 2 rings (SSSR count). The molecule has 0 radical (unpaired) electrons. The van der Waals surface area contributed by atoms with E-state index in [0.29, 0.717) is 19.4 Å². The number of halogens is 2. The molecular formula is C8H12F2N2O. The van der Waals surface area contributed by atoms with Crippen LogP contribution in [0.25, 0.3) is 0 Å². The summed E-state index contributed by atoms with van der Waals surface area (Å²) in [6.45, 7) is 0.370. The zero-order chi connectivity index (χ0) is 9.53. The Morgan fingerprint density at radius 3 is 2.31 bits per heavy atom. The van der Waals surface area contributed by atoms with E-state index in [9.17, 15) is 8.78 Å². The predicted molar refractivity (Wildman–Crippen MR) is 43.7 cm³/mol. The van der Waals surface area contributed by atoms with Crippen LogP contribution in [0.1, 0.15) is 25.7 Å². The lowest BCUT2D eigenvalue weighted by atomic mass is 9.81. The highest BCUT2D eigenvalue weighted by Gasteiger charge is 2.46. The predicted octanol–water partition coefficient (Wildman–Crippen LogP) is 1.28. The van der Waals surface area contributed by atoms with Gasteiger partial charge in [0.25, 0.3) is 6.02 Å². The number of nitrogens with zero attached hydrogens (tertiary/aromatic N) is 1. The van der Waals surface area contributed by atoms with Crippen LogP contribution in [-0.2, 0) is 4.74 Å². The van der Waals surface area contributed by atoms with Crippen LogP contribution in [0.2, 0.25) is 0 Å².